The van der Waals surface area contributed by atoms with Gasteiger partial charge in [0.25, 0.3) is 5.91 Å². The maximum atomic E-state index is 12.5. The van der Waals surface area contributed by atoms with Crippen molar-refractivity contribution in [2.24, 2.45) is 0 Å². The molecule has 154 valence electrons. The third-order valence-corrected chi connectivity index (χ3v) is 4.56. The van der Waals surface area contributed by atoms with Gasteiger partial charge in [-0.25, -0.2) is 0 Å². The van der Waals surface area contributed by atoms with Gasteiger partial charge in [0.05, 0.1) is 17.3 Å². The van der Waals surface area contributed by atoms with E-state index >= 15 is 0 Å². The van der Waals surface area contributed by atoms with Gasteiger partial charge in [-0.3, -0.25) is 14.4 Å². The van der Waals surface area contributed by atoms with Gasteiger partial charge in [0.2, 0.25) is 5.91 Å². The van der Waals surface area contributed by atoms with E-state index in [2.05, 4.69) is 5.32 Å². The summed E-state index contributed by atoms with van der Waals surface area (Å²) in [5.41, 5.74) is 0.987. The van der Waals surface area contributed by atoms with Crippen LogP contribution in [0.15, 0.2) is 42.5 Å². The number of amides is 2. The highest BCUT2D eigenvalue weighted by molar-refractivity contribution is 6.36. The zero-order chi connectivity index (χ0) is 21.4. The molecule has 2 aromatic rings. The molecule has 8 heteroatoms. The lowest BCUT2D eigenvalue weighted by molar-refractivity contribution is -0.136. The van der Waals surface area contributed by atoms with E-state index in [4.69, 9.17) is 27.9 Å². The number of anilines is 1. The number of benzene rings is 2. The standard InChI is InChI=1S/C21H22Cl2N2O4/c1-3-10-25(12-20(27)24-19-9-6-16(22)11-18(19)23)21(28)13-29-17-7-4-15(5-8-17)14(2)26/h4-9,11H,3,10,12-13H2,1-2H3,(H,24,27). The Labute approximate surface area is 179 Å². The molecule has 0 saturated heterocycles. The lowest BCUT2D eigenvalue weighted by Crippen LogP contribution is -2.41. The van der Waals surface area contributed by atoms with Gasteiger partial charge >= 0.3 is 0 Å². The van der Waals surface area contributed by atoms with Gasteiger partial charge < -0.3 is 15.0 Å². The molecule has 1 N–H and O–H groups in total. The van der Waals surface area contributed by atoms with Crippen LogP contribution >= 0.6 is 23.2 Å². The van der Waals surface area contributed by atoms with Crippen LogP contribution in [0.4, 0.5) is 5.69 Å². The van der Waals surface area contributed by atoms with E-state index in [0.29, 0.717) is 40.0 Å². The van der Waals surface area contributed by atoms with E-state index in [0.717, 1.165) is 0 Å². The van der Waals surface area contributed by atoms with Crippen molar-refractivity contribution in [3.05, 3.63) is 58.1 Å². The molecule has 6 nitrogen and oxygen atoms in total. The van der Waals surface area contributed by atoms with Crippen LogP contribution in [-0.2, 0) is 9.59 Å². The minimum Gasteiger partial charge on any atom is -0.484 e. The van der Waals surface area contributed by atoms with E-state index in [1.54, 1.807) is 36.4 Å². The molecule has 2 rings (SSSR count). The van der Waals surface area contributed by atoms with Crippen molar-refractivity contribution in [2.45, 2.75) is 20.3 Å². The molecule has 0 saturated carbocycles. The number of carbonyl (C=O) groups is 3. The summed E-state index contributed by atoms with van der Waals surface area (Å²) in [6, 6.07) is 11.3. The Hall–Kier alpha value is -2.57. The van der Waals surface area contributed by atoms with Gasteiger partial charge in [0.15, 0.2) is 12.4 Å². The number of hydrogen-bond acceptors (Lipinski definition) is 4. The van der Waals surface area contributed by atoms with Gasteiger partial charge in [0.1, 0.15) is 5.75 Å². The SMILES string of the molecule is CCCN(CC(=O)Nc1ccc(Cl)cc1Cl)C(=O)COc1ccc(C(C)=O)cc1. The minimum atomic E-state index is -0.373. The Kier molecular flexibility index (Phi) is 8.49. The Morgan fingerprint density at radius 3 is 2.34 bits per heavy atom. The number of halogens is 2. The largest absolute Gasteiger partial charge is 0.484 e. The van der Waals surface area contributed by atoms with Gasteiger partial charge in [-0.1, -0.05) is 30.1 Å². The molecule has 0 bridgehead atoms. The minimum absolute atomic E-state index is 0.0476. The fourth-order valence-electron chi connectivity index (χ4n) is 2.54. The third kappa shape index (κ3) is 7.07. The molecule has 0 aliphatic carbocycles. The van der Waals surface area contributed by atoms with E-state index in [1.807, 2.05) is 6.92 Å². The van der Waals surface area contributed by atoms with Crippen molar-refractivity contribution in [2.75, 3.05) is 25.0 Å². The van der Waals surface area contributed by atoms with E-state index in [-0.39, 0.29) is 30.7 Å². The number of nitrogens with one attached hydrogen (secondary N) is 1. The average Bonchev–Trinajstić information content (AvgIpc) is 2.68. The van der Waals surface area contributed by atoms with Crippen LogP contribution in [0, 0.1) is 0 Å². The first-order valence-electron chi connectivity index (χ1n) is 9.06. The zero-order valence-electron chi connectivity index (χ0n) is 16.2. The first kappa shape index (κ1) is 22.7. The summed E-state index contributed by atoms with van der Waals surface area (Å²) >= 11 is 11.9. The first-order chi connectivity index (χ1) is 13.8. The second kappa shape index (κ2) is 10.8. The van der Waals surface area contributed by atoms with Crippen LogP contribution in [0.25, 0.3) is 0 Å². The summed E-state index contributed by atoms with van der Waals surface area (Å²) in [5, 5.41) is 3.45. The number of Topliss-reactive ketones (excluding diaryl/α,β-unsaturated/α-hetero) is 1. The third-order valence-electron chi connectivity index (χ3n) is 4.01. The monoisotopic (exact) mass is 436 g/mol. The Balaban J connectivity index is 1.93. The van der Waals surface area contributed by atoms with Crippen LogP contribution in [0.5, 0.6) is 5.75 Å². The van der Waals surface area contributed by atoms with Gasteiger partial charge in [-0.2, -0.15) is 0 Å². The highest BCUT2D eigenvalue weighted by Gasteiger charge is 2.18. The number of carbonyl (C=O) groups excluding carboxylic acids is 3. The molecular formula is C21H22Cl2N2O4. The molecule has 0 spiro atoms. The van der Waals surface area contributed by atoms with Crippen molar-refractivity contribution in [3.63, 3.8) is 0 Å². The Morgan fingerprint density at radius 1 is 1.07 bits per heavy atom. The molecule has 0 heterocycles. The van der Waals surface area contributed by atoms with Crippen LogP contribution < -0.4 is 10.1 Å². The molecule has 0 atom stereocenters. The smallest absolute Gasteiger partial charge is 0.260 e. The van der Waals surface area contributed by atoms with Crippen molar-refractivity contribution >= 4 is 46.5 Å². The van der Waals surface area contributed by atoms with Crippen LogP contribution in [0.3, 0.4) is 0 Å². The van der Waals surface area contributed by atoms with E-state index < -0.39 is 0 Å². The fourth-order valence-corrected chi connectivity index (χ4v) is 2.99. The van der Waals surface area contributed by atoms with Crippen molar-refractivity contribution in [1.29, 1.82) is 0 Å². The number of rotatable bonds is 9. The average molecular weight is 437 g/mol. The van der Waals surface area contributed by atoms with Crippen molar-refractivity contribution in [3.8, 4) is 5.75 Å². The molecular weight excluding hydrogens is 415 g/mol. The molecule has 0 unspecified atom stereocenters. The summed E-state index contributed by atoms with van der Waals surface area (Å²) < 4.78 is 5.49. The Morgan fingerprint density at radius 2 is 1.76 bits per heavy atom. The summed E-state index contributed by atoms with van der Waals surface area (Å²) in [5.74, 6) is -0.271. The molecule has 0 aromatic heterocycles. The number of nitrogens with zero attached hydrogens (tertiary/aromatic N) is 1. The predicted octanol–water partition coefficient (Wildman–Crippen LogP) is 4.45. The maximum absolute atomic E-state index is 12.5. The van der Waals surface area contributed by atoms with Gasteiger partial charge in [0, 0.05) is 17.1 Å². The molecule has 29 heavy (non-hydrogen) atoms. The van der Waals surface area contributed by atoms with Crippen molar-refractivity contribution < 1.29 is 19.1 Å². The highest BCUT2D eigenvalue weighted by atomic mass is 35.5. The normalized spacial score (nSPS) is 10.3. The number of ketones is 1. The van der Waals surface area contributed by atoms with E-state index in [9.17, 15) is 14.4 Å². The molecule has 0 radical (unpaired) electrons. The van der Waals surface area contributed by atoms with Gasteiger partial charge in [-0.15, -0.1) is 0 Å². The summed E-state index contributed by atoms with van der Waals surface area (Å²) in [6.07, 6.45) is 0.689. The number of ether oxygens (including phenoxy) is 1. The molecule has 2 amide bonds. The van der Waals surface area contributed by atoms with Crippen LogP contribution in [-0.4, -0.2) is 42.2 Å². The second-order valence-corrected chi connectivity index (χ2v) is 7.20. The summed E-state index contributed by atoms with van der Waals surface area (Å²) in [7, 11) is 0. The maximum Gasteiger partial charge on any atom is 0.260 e. The topological polar surface area (TPSA) is 75.7 Å². The number of hydrogen-bond donors (Lipinski definition) is 1. The van der Waals surface area contributed by atoms with Crippen molar-refractivity contribution in [1.82, 2.24) is 4.90 Å². The van der Waals surface area contributed by atoms with Crippen LogP contribution in [0.2, 0.25) is 10.0 Å². The Bertz CT molecular complexity index is 885. The summed E-state index contributed by atoms with van der Waals surface area (Å²) in [4.78, 5) is 37.6. The fraction of sp³-hybridized carbons (Fsp3) is 0.286. The predicted molar refractivity (Wildman–Crippen MR) is 114 cm³/mol. The molecule has 2 aromatic carbocycles. The summed E-state index contributed by atoms with van der Waals surface area (Å²) in [6.45, 7) is 3.46. The van der Waals surface area contributed by atoms with E-state index in [1.165, 1.54) is 17.9 Å². The van der Waals surface area contributed by atoms with Gasteiger partial charge in [-0.05, 0) is 55.8 Å². The molecule has 0 aliphatic heterocycles. The zero-order valence-corrected chi connectivity index (χ0v) is 17.7. The van der Waals surface area contributed by atoms with Crippen LogP contribution in [0.1, 0.15) is 30.6 Å². The molecule has 0 fully saturated rings. The first-order valence-corrected chi connectivity index (χ1v) is 9.82. The second-order valence-electron chi connectivity index (χ2n) is 6.36. The highest BCUT2D eigenvalue weighted by Crippen LogP contribution is 2.25. The molecule has 0 aliphatic rings. The lowest BCUT2D eigenvalue weighted by Gasteiger charge is -2.22. The lowest BCUT2D eigenvalue weighted by atomic mass is 10.1. The quantitative estimate of drug-likeness (QED) is 0.588.